The molecular formula is C19H19N3O4. The number of aromatic nitrogens is 2. The fraction of sp³-hybridized carbons (Fsp3) is 0.211. The zero-order chi connectivity index (χ0) is 18.8. The van der Waals surface area contributed by atoms with E-state index in [9.17, 15) is 14.7 Å². The first-order chi connectivity index (χ1) is 12.4. The highest BCUT2D eigenvalue weighted by atomic mass is 16.4. The molecule has 0 saturated carbocycles. The van der Waals surface area contributed by atoms with Gasteiger partial charge in [0.15, 0.2) is 11.8 Å². The number of hydrogen-bond donors (Lipinski definition) is 3. The van der Waals surface area contributed by atoms with Crippen molar-refractivity contribution in [2.24, 2.45) is 0 Å². The number of aromatic amines is 1. The normalized spacial score (nSPS) is 12.0. The minimum Gasteiger partial charge on any atom is -0.479 e. The number of rotatable bonds is 5. The van der Waals surface area contributed by atoms with Crippen LogP contribution in [0.25, 0.3) is 11.3 Å². The Hall–Kier alpha value is -3.35. The van der Waals surface area contributed by atoms with Crippen molar-refractivity contribution in [2.75, 3.05) is 0 Å². The Morgan fingerprint density at radius 1 is 1.12 bits per heavy atom. The molecule has 2 heterocycles. The lowest BCUT2D eigenvalue weighted by atomic mass is 10.0. The van der Waals surface area contributed by atoms with Crippen LogP contribution < -0.4 is 5.32 Å². The van der Waals surface area contributed by atoms with Crippen LogP contribution in [0, 0.1) is 20.8 Å². The van der Waals surface area contributed by atoms with Crippen molar-refractivity contribution in [1.29, 1.82) is 0 Å². The summed E-state index contributed by atoms with van der Waals surface area (Å²) in [5.74, 6) is -1.18. The molecule has 1 aromatic carbocycles. The lowest BCUT2D eigenvalue weighted by Gasteiger charge is -2.14. The summed E-state index contributed by atoms with van der Waals surface area (Å²) in [6.45, 7) is 5.37. The molecule has 26 heavy (non-hydrogen) atoms. The standard InChI is InChI=1S/C19H19N3O4/c1-10-4-6-13(7-5-10)14-8-9-15(26-14)18(23)20-17(19(24)25)16-11(2)21-22-12(16)3/h4-9,17H,1-3H3,(H,20,23)(H,21,22)(H,24,25)/t17-/m1/s1. The number of carbonyl (C=O) groups is 2. The number of H-pyrrole nitrogens is 1. The lowest BCUT2D eigenvalue weighted by Crippen LogP contribution is -2.34. The van der Waals surface area contributed by atoms with E-state index < -0.39 is 17.9 Å². The average molecular weight is 353 g/mol. The summed E-state index contributed by atoms with van der Waals surface area (Å²) in [5.41, 5.74) is 3.51. The zero-order valence-electron chi connectivity index (χ0n) is 14.7. The Morgan fingerprint density at radius 2 is 1.81 bits per heavy atom. The van der Waals surface area contributed by atoms with E-state index in [1.807, 2.05) is 31.2 Å². The summed E-state index contributed by atoms with van der Waals surface area (Å²) in [5, 5.41) is 18.7. The number of aryl methyl sites for hydroxylation is 3. The van der Waals surface area contributed by atoms with Crippen LogP contribution >= 0.6 is 0 Å². The molecule has 0 fully saturated rings. The van der Waals surface area contributed by atoms with Crippen LogP contribution in [0.1, 0.15) is 39.1 Å². The average Bonchev–Trinajstić information content (AvgIpc) is 3.21. The number of benzene rings is 1. The molecule has 3 N–H and O–H groups in total. The SMILES string of the molecule is Cc1ccc(-c2ccc(C(=O)N[C@@H](C(=O)O)c3c(C)n[nH]c3C)o2)cc1. The minimum absolute atomic E-state index is 0.0469. The number of nitrogens with one attached hydrogen (secondary N) is 2. The minimum atomic E-state index is -1.21. The number of nitrogens with zero attached hydrogens (tertiary/aromatic N) is 1. The Kier molecular flexibility index (Phi) is 4.62. The van der Waals surface area contributed by atoms with E-state index in [0.717, 1.165) is 11.1 Å². The maximum absolute atomic E-state index is 12.5. The Morgan fingerprint density at radius 3 is 2.38 bits per heavy atom. The summed E-state index contributed by atoms with van der Waals surface area (Å²) in [4.78, 5) is 24.1. The number of amides is 1. The third kappa shape index (κ3) is 3.37. The zero-order valence-corrected chi connectivity index (χ0v) is 14.7. The molecule has 0 unspecified atom stereocenters. The van der Waals surface area contributed by atoms with Gasteiger partial charge in [-0.3, -0.25) is 9.89 Å². The highest BCUT2D eigenvalue weighted by Gasteiger charge is 2.28. The van der Waals surface area contributed by atoms with Gasteiger partial charge in [-0.15, -0.1) is 0 Å². The monoisotopic (exact) mass is 353 g/mol. The molecule has 3 rings (SSSR count). The summed E-state index contributed by atoms with van der Waals surface area (Å²) in [6, 6.07) is 9.68. The second-order valence-corrected chi connectivity index (χ2v) is 6.12. The number of carboxylic acid groups (broad SMARTS) is 1. The van der Waals surface area contributed by atoms with Crippen molar-refractivity contribution >= 4 is 11.9 Å². The van der Waals surface area contributed by atoms with E-state index in [1.165, 1.54) is 6.07 Å². The summed E-state index contributed by atoms with van der Waals surface area (Å²) in [6.07, 6.45) is 0. The molecule has 7 heteroatoms. The molecule has 3 aromatic rings. The number of aliphatic carboxylic acids is 1. The number of carboxylic acids is 1. The summed E-state index contributed by atoms with van der Waals surface area (Å²) in [7, 11) is 0. The van der Waals surface area contributed by atoms with Crippen LogP contribution in [0.5, 0.6) is 0 Å². The number of carbonyl (C=O) groups excluding carboxylic acids is 1. The first-order valence-corrected chi connectivity index (χ1v) is 8.09. The van der Waals surface area contributed by atoms with Crippen molar-refractivity contribution in [3.63, 3.8) is 0 Å². The fourth-order valence-electron chi connectivity index (χ4n) is 2.78. The van der Waals surface area contributed by atoms with Crippen molar-refractivity contribution < 1.29 is 19.1 Å². The predicted octanol–water partition coefficient (Wildman–Crippen LogP) is 3.15. The van der Waals surface area contributed by atoms with E-state index >= 15 is 0 Å². The van der Waals surface area contributed by atoms with E-state index in [2.05, 4.69) is 15.5 Å². The molecule has 0 bridgehead atoms. The van der Waals surface area contributed by atoms with Gasteiger partial charge >= 0.3 is 5.97 Å². The third-order valence-electron chi connectivity index (χ3n) is 4.16. The molecule has 1 atom stereocenters. The quantitative estimate of drug-likeness (QED) is 0.653. The molecule has 0 radical (unpaired) electrons. The maximum Gasteiger partial charge on any atom is 0.331 e. The van der Waals surface area contributed by atoms with Crippen molar-refractivity contribution in [3.8, 4) is 11.3 Å². The smallest absolute Gasteiger partial charge is 0.331 e. The van der Waals surface area contributed by atoms with Gasteiger partial charge in [0.25, 0.3) is 5.91 Å². The van der Waals surface area contributed by atoms with Crippen LogP contribution in [0.15, 0.2) is 40.8 Å². The predicted molar refractivity (Wildman–Crippen MR) is 94.8 cm³/mol. The molecule has 0 saturated heterocycles. The van der Waals surface area contributed by atoms with Gasteiger partial charge in [0.2, 0.25) is 0 Å². The molecule has 0 aliphatic rings. The first kappa shape index (κ1) is 17.5. The molecular weight excluding hydrogens is 334 g/mol. The molecule has 0 aliphatic carbocycles. The van der Waals surface area contributed by atoms with Crippen LogP contribution in [-0.2, 0) is 4.79 Å². The van der Waals surface area contributed by atoms with Crippen molar-refractivity contribution in [1.82, 2.24) is 15.5 Å². The molecule has 1 amide bonds. The molecule has 0 spiro atoms. The van der Waals surface area contributed by atoms with E-state index in [1.54, 1.807) is 19.9 Å². The molecule has 7 nitrogen and oxygen atoms in total. The Labute approximate surface area is 150 Å². The van der Waals surface area contributed by atoms with Gasteiger partial charge in [-0.2, -0.15) is 5.10 Å². The topological polar surface area (TPSA) is 108 Å². The van der Waals surface area contributed by atoms with Gasteiger partial charge in [0.1, 0.15) is 5.76 Å². The van der Waals surface area contributed by atoms with Gasteiger partial charge in [-0.25, -0.2) is 4.79 Å². The van der Waals surface area contributed by atoms with Gasteiger partial charge < -0.3 is 14.8 Å². The lowest BCUT2D eigenvalue weighted by molar-refractivity contribution is -0.139. The second-order valence-electron chi connectivity index (χ2n) is 6.12. The van der Waals surface area contributed by atoms with Crippen LogP contribution in [0.4, 0.5) is 0 Å². The molecule has 134 valence electrons. The van der Waals surface area contributed by atoms with Gasteiger partial charge in [0, 0.05) is 16.8 Å². The largest absolute Gasteiger partial charge is 0.479 e. The molecule has 2 aromatic heterocycles. The van der Waals surface area contributed by atoms with E-state index in [0.29, 0.717) is 22.7 Å². The van der Waals surface area contributed by atoms with Crippen molar-refractivity contribution in [3.05, 3.63) is 64.7 Å². The van der Waals surface area contributed by atoms with Gasteiger partial charge in [-0.1, -0.05) is 29.8 Å². The fourth-order valence-corrected chi connectivity index (χ4v) is 2.78. The Balaban J connectivity index is 1.83. The maximum atomic E-state index is 12.5. The van der Waals surface area contributed by atoms with Crippen LogP contribution in [0.2, 0.25) is 0 Å². The van der Waals surface area contributed by atoms with Crippen molar-refractivity contribution in [2.45, 2.75) is 26.8 Å². The first-order valence-electron chi connectivity index (χ1n) is 8.09. The van der Waals surface area contributed by atoms with E-state index in [4.69, 9.17) is 4.42 Å². The van der Waals surface area contributed by atoms with Gasteiger partial charge in [0.05, 0.1) is 5.69 Å². The number of furan rings is 1. The summed E-state index contributed by atoms with van der Waals surface area (Å²) < 4.78 is 5.60. The highest BCUT2D eigenvalue weighted by Crippen LogP contribution is 2.24. The van der Waals surface area contributed by atoms with E-state index in [-0.39, 0.29) is 5.76 Å². The Bertz CT molecular complexity index is 934. The number of hydrogen-bond acceptors (Lipinski definition) is 4. The van der Waals surface area contributed by atoms with Gasteiger partial charge in [-0.05, 0) is 32.9 Å². The summed E-state index contributed by atoms with van der Waals surface area (Å²) >= 11 is 0. The highest BCUT2D eigenvalue weighted by molar-refractivity contribution is 5.95. The third-order valence-corrected chi connectivity index (χ3v) is 4.16. The second kappa shape index (κ2) is 6.87. The molecule has 0 aliphatic heterocycles. The van der Waals surface area contributed by atoms with Crippen LogP contribution in [0.3, 0.4) is 0 Å². The van der Waals surface area contributed by atoms with Crippen LogP contribution in [-0.4, -0.2) is 27.2 Å².